The maximum Gasteiger partial charge on any atom is 0.357 e. The first-order valence-electron chi connectivity index (χ1n) is 10.5. The molecule has 0 atom stereocenters. The number of nitrogens with one attached hydrogen (secondary N) is 2. The highest BCUT2D eigenvalue weighted by molar-refractivity contribution is 7.89. The van der Waals surface area contributed by atoms with Crippen LogP contribution in [0.5, 0.6) is 0 Å². The van der Waals surface area contributed by atoms with E-state index in [1.807, 2.05) is 44.2 Å². The SMILES string of the molecule is Cc1ccc(C)c(S(=O)(=O)N2CCN(C[n+]3c(NCCO)[nH]c4ccccc43)CC2)c1. The quantitative estimate of drug-likeness (QED) is 0.480. The van der Waals surface area contributed by atoms with E-state index >= 15 is 0 Å². The molecule has 1 aromatic heterocycles. The van der Waals surface area contributed by atoms with Crippen LogP contribution >= 0.6 is 0 Å². The third-order valence-electron chi connectivity index (χ3n) is 5.76. The van der Waals surface area contributed by atoms with Gasteiger partial charge in [-0.2, -0.15) is 4.31 Å². The number of H-pyrrole nitrogens is 1. The van der Waals surface area contributed by atoms with Gasteiger partial charge in [-0.3, -0.25) is 10.2 Å². The number of rotatable bonds is 7. The number of anilines is 1. The van der Waals surface area contributed by atoms with E-state index in [2.05, 4.69) is 25.8 Å². The third kappa shape index (κ3) is 4.45. The molecule has 166 valence electrons. The summed E-state index contributed by atoms with van der Waals surface area (Å²) in [6, 6.07) is 13.6. The molecule has 1 aliphatic rings. The lowest BCUT2D eigenvalue weighted by atomic mass is 10.2. The lowest BCUT2D eigenvalue weighted by molar-refractivity contribution is -0.677. The van der Waals surface area contributed by atoms with Crippen molar-refractivity contribution in [1.82, 2.24) is 14.2 Å². The van der Waals surface area contributed by atoms with E-state index in [4.69, 9.17) is 0 Å². The molecule has 2 heterocycles. The zero-order chi connectivity index (χ0) is 22.0. The summed E-state index contributed by atoms with van der Waals surface area (Å²) in [7, 11) is -3.50. The number of aryl methyl sites for hydroxylation is 2. The van der Waals surface area contributed by atoms with Crippen molar-refractivity contribution in [2.45, 2.75) is 25.4 Å². The Morgan fingerprint density at radius 3 is 2.58 bits per heavy atom. The van der Waals surface area contributed by atoms with Gasteiger partial charge in [0, 0.05) is 26.2 Å². The third-order valence-corrected chi connectivity index (χ3v) is 7.80. The van der Waals surface area contributed by atoms with Crippen LogP contribution in [0.2, 0.25) is 0 Å². The molecule has 0 spiro atoms. The summed E-state index contributed by atoms with van der Waals surface area (Å²) in [5, 5.41) is 12.4. The Balaban J connectivity index is 1.49. The fraction of sp³-hybridized carbons (Fsp3) is 0.409. The van der Waals surface area contributed by atoms with Crippen molar-refractivity contribution in [1.29, 1.82) is 0 Å². The summed E-state index contributed by atoms with van der Waals surface area (Å²) in [6.45, 7) is 7.10. The Labute approximate surface area is 183 Å². The maximum absolute atomic E-state index is 13.2. The van der Waals surface area contributed by atoms with E-state index < -0.39 is 10.0 Å². The molecule has 8 nitrogen and oxygen atoms in total. The zero-order valence-electron chi connectivity index (χ0n) is 18.0. The van der Waals surface area contributed by atoms with Gasteiger partial charge in [-0.05, 0) is 43.2 Å². The molecule has 1 aliphatic heterocycles. The first kappa shape index (κ1) is 21.8. The minimum absolute atomic E-state index is 0.0459. The van der Waals surface area contributed by atoms with Crippen molar-refractivity contribution < 1.29 is 18.1 Å². The second kappa shape index (κ2) is 8.96. The van der Waals surface area contributed by atoms with Crippen LogP contribution in [0.15, 0.2) is 47.4 Å². The molecule has 31 heavy (non-hydrogen) atoms. The average molecular weight is 445 g/mol. The van der Waals surface area contributed by atoms with Crippen LogP contribution in [0.25, 0.3) is 11.0 Å². The number of imidazole rings is 1. The van der Waals surface area contributed by atoms with Gasteiger partial charge in [-0.15, -0.1) is 0 Å². The molecule has 1 saturated heterocycles. The van der Waals surface area contributed by atoms with E-state index in [0.717, 1.165) is 28.1 Å². The van der Waals surface area contributed by atoms with Crippen molar-refractivity contribution in [3.8, 4) is 0 Å². The molecule has 4 rings (SSSR count). The van der Waals surface area contributed by atoms with Crippen LogP contribution in [-0.2, 0) is 16.7 Å². The molecule has 0 aliphatic carbocycles. The second-order valence-corrected chi connectivity index (χ2v) is 9.91. The number of nitrogens with zero attached hydrogens (tertiary/aromatic N) is 3. The van der Waals surface area contributed by atoms with Crippen LogP contribution in [-0.4, -0.2) is 67.0 Å². The zero-order valence-corrected chi connectivity index (χ0v) is 18.8. The average Bonchev–Trinajstić information content (AvgIpc) is 3.11. The standard InChI is InChI=1S/C22H29N5O3S/c1-17-7-8-18(2)21(15-17)31(29,30)26-12-10-25(11-13-26)16-27-20-6-4-3-5-19(20)24-22(27)23-9-14-28/h3-8,15,28H,9-14,16H2,1-2H3,(H,23,24)/p+1. The first-order chi connectivity index (χ1) is 14.9. The summed E-state index contributed by atoms with van der Waals surface area (Å²) >= 11 is 0. The number of para-hydroxylation sites is 2. The number of hydrogen-bond acceptors (Lipinski definition) is 5. The van der Waals surface area contributed by atoms with Gasteiger partial charge in [0.15, 0.2) is 0 Å². The van der Waals surface area contributed by atoms with Gasteiger partial charge < -0.3 is 5.11 Å². The number of fused-ring (bicyclic) bond motifs is 1. The van der Waals surface area contributed by atoms with Crippen molar-refractivity contribution >= 4 is 27.0 Å². The minimum Gasteiger partial charge on any atom is -0.393 e. The molecule has 0 amide bonds. The van der Waals surface area contributed by atoms with Gasteiger partial charge in [0.25, 0.3) is 0 Å². The molecule has 2 aromatic carbocycles. The van der Waals surface area contributed by atoms with E-state index in [0.29, 0.717) is 44.3 Å². The molecular weight excluding hydrogens is 414 g/mol. The molecule has 1 fully saturated rings. The summed E-state index contributed by atoms with van der Waals surface area (Å²) in [5.74, 6) is 0.834. The van der Waals surface area contributed by atoms with Gasteiger partial charge in [0.05, 0.1) is 18.0 Å². The molecule has 0 radical (unpaired) electrons. The van der Waals surface area contributed by atoms with Crippen LogP contribution in [0.1, 0.15) is 11.1 Å². The number of aromatic amines is 1. The van der Waals surface area contributed by atoms with Crippen LogP contribution in [0.4, 0.5) is 5.95 Å². The number of aromatic nitrogens is 2. The Morgan fingerprint density at radius 1 is 1.10 bits per heavy atom. The fourth-order valence-corrected chi connectivity index (χ4v) is 5.76. The van der Waals surface area contributed by atoms with Crippen LogP contribution in [0.3, 0.4) is 0 Å². The number of hydrogen-bond donors (Lipinski definition) is 3. The molecule has 3 N–H and O–H groups in total. The summed E-state index contributed by atoms with van der Waals surface area (Å²) < 4.78 is 30.1. The van der Waals surface area contributed by atoms with Crippen LogP contribution in [0, 0.1) is 13.8 Å². The van der Waals surface area contributed by atoms with Gasteiger partial charge in [-0.25, -0.2) is 18.0 Å². The number of benzene rings is 2. The van der Waals surface area contributed by atoms with Crippen molar-refractivity contribution in [2.24, 2.45) is 0 Å². The van der Waals surface area contributed by atoms with Gasteiger partial charge in [0.1, 0.15) is 17.7 Å². The summed E-state index contributed by atoms with van der Waals surface area (Å²) in [5.41, 5.74) is 3.80. The topological polar surface area (TPSA) is 92.6 Å². The lowest BCUT2D eigenvalue weighted by Gasteiger charge is -2.33. The normalized spacial score (nSPS) is 16.1. The van der Waals surface area contributed by atoms with E-state index in [1.165, 1.54) is 0 Å². The Hall–Kier alpha value is -2.46. The van der Waals surface area contributed by atoms with Gasteiger partial charge >= 0.3 is 5.95 Å². The van der Waals surface area contributed by atoms with E-state index in [-0.39, 0.29) is 6.61 Å². The number of aliphatic hydroxyl groups is 1. The molecule has 3 aromatic rings. The minimum atomic E-state index is -3.50. The van der Waals surface area contributed by atoms with E-state index in [1.54, 1.807) is 10.4 Å². The molecule has 0 bridgehead atoms. The maximum atomic E-state index is 13.2. The Morgan fingerprint density at radius 2 is 1.84 bits per heavy atom. The van der Waals surface area contributed by atoms with Crippen molar-refractivity contribution in [3.05, 3.63) is 53.6 Å². The van der Waals surface area contributed by atoms with E-state index in [9.17, 15) is 13.5 Å². The monoisotopic (exact) mass is 444 g/mol. The highest BCUT2D eigenvalue weighted by Gasteiger charge is 2.30. The molecular formula is C22H30N5O3S+. The van der Waals surface area contributed by atoms with Crippen LogP contribution < -0.4 is 9.88 Å². The van der Waals surface area contributed by atoms with Gasteiger partial charge in [-0.1, -0.05) is 24.3 Å². The first-order valence-corrected chi connectivity index (χ1v) is 12.0. The summed E-state index contributed by atoms with van der Waals surface area (Å²) in [4.78, 5) is 6.02. The lowest BCUT2D eigenvalue weighted by Crippen LogP contribution is -2.54. The Kier molecular flexibility index (Phi) is 6.29. The smallest absolute Gasteiger partial charge is 0.357 e. The second-order valence-electron chi connectivity index (χ2n) is 8.00. The number of piperazine rings is 1. The van der Waals surface area contributed by atoms with Crippen molar-refractivity contribution in [3.63, 3.8) is 0 Å². The molecule has 0 saturated carbocycles. The fourth-order valence-electron chi connectivity index (χ4n) is 4.03. The molecule has 0 unspecified atom stereocenters. The number of aliphatic hydroxyl groups excluding tert-OH is 1. The number of sulfonamides is 1. The predicted molar refractivity (Wildman–Crippen MR) is 120 cm³/mol. The molecule has 9 heteroatoms. The highest BCUT2D eigenvalue weighted by Crippen LogP contribution is 2.22. The predicted octanol–water partition coefficient (Wildman–Crippen LogP) is 1.44. The Bertz CT molecular complexity index is 1170. The van der Waals surface area contributed by atoms with Crippen molar-refractivity contribution in [2.75, 3.05) is 44.6 Å². The largest absolute Gasteiger partial charge is 0.393 e. The van der Waals surface area contributed by atoms with Gasteiger partial charge in [0.2, 0.25) is 10.0 Å². The summed E-state index contributed by atoms with van der Waals surface area (Å²) in [6.07, 6.45) is 0. The highest BCUT2D eigenvalue weighted by atomic mass is 32.2.